The van der Waals surface area contributed by atoms with E-state index in [1.807, 2.05) is 18.2 Å². The Bertz CT molecular complexity index is 395. The van der Waals surface area contributed by atoms with Crippen molar-refractivity contribution < 1.29 is 4.79 Å². The van der Waals surface area contributed by atoms with E-state index >= 15 is 0 Å². The van der Waals surface area contributed by atoms with E-state index in [1.54, 1.807) is 11.8 Å². The van der Waals surface area contributed by atoms with Crippen molar-refractivity contribution in [3.63, 3.8) is 0 Å². The molecule has 0 spiro atoms. The minimum atomic E-state index is -0.0811. The van der Waals surface area contributed by atoms with Crippen LogP contribution in [0.15, 0.2) is 23.1 Å². The maximum Gasteiger partial charge on any atom is 0.234 e. The molecule has 0 bridgehead atoms. The largest absolute Gasteiger partial charge is 0.324 e. The number of benzene rings is 1. The highest BCUT2D eigenvalue weighted by atomic mass is 32.2. The van der Waals surface area contributed by atoms with Crippen LogP contribution >= 0.6 is 24.4 Å². The molecule has 1 aromatic carbocycles. The molecule has 1 amide bonds. The lowest BCUT2D eigenvalue weighted by Crippen LogP contribution is -2.19. The molecule has 15 heavy (non-hydrogen) atoms. The van der Waals surface area contributed by atoms with E-state index in [4.69, 9.17) is 5.73 Å². The summed E-state index contributed by atoms with van der Waals surface area (Å²) in [5.74, 6) is 1.13. The van der Waals surface area contributed by atoms with Gasteiger partial charge in [-0.1, -0.05) is 6.07 Å². The van der Waals surface area contributed by atoms with Crippen LogP contribution < -0.4 is 11.1 Å². The number of carbonyl (C=O) groups excluding carboxylic acids is 1. The van der Waals surface area contributed by atoms with Gasteiger partial charge in [0.2, 0.25) is 5.91 Å². The molecule has 0 fully saturated rings. The van der Waals surface area contributed by atoms with Crippen molar-refractivity contribution in [1.82, 2.24) is 0 Å². The first-order valence-corrected chi connectivity index (χ1v) is 6.25. The second-order valence-electron chi connectivity index (χ2n) is 3.38. The van der Waals surface area contributed by atoms with Gasteiger partial charge in [-0.15, -0.1) is 11.8 Å². The van der Waals surface area contributed by atoms with Gasteiger partial charge in [0.15, 0.2) is 0 Å². The molecule has 1 aromatic rings. The van der Waals surface area contributed by atoms with Gasteiger partial charge in [-0.05, 0) is 17.7 Å². The van der Waals surface area contributed by atoms with E-state index in [-0.39, 0.29) is 11.9 Å². The number of nitrogens with two attached hydrogens (primary N) is 1. The van der Waals surface area contributed by atoms with Crippen LogP contribution in [-0.4, -0.2) is 17.4 Å². The minimum Gasteiger partial charge on any atom is -0.324 e. The molecule has 80 valence electrons. The Hall–Kier alpha value is -0.650. The van der Waals surface area contributed by atoms with Gasteiger partial charge < -0.3 is 11.1 Å². The number of fused-ring (bicyclic) bond motifs is 1. The molecule has 1 unspecified atom stereocenters. The quantitative estimate of drug-likeness (QED) is 0.689. The fraction of sp³-hybridized carbons (Fsp3) is 0.300. The van der Waals surface area contributed by atoms with Gasteiger partial charge in [-0.2, -0.15) is 12.6 Å². The lowest BCUT2D eigenvalue weighted by molar-refractivity contribution is -0.113. The predicted molar refractivity (Wildman–Crippen MR) is 66.6 cm³/mol. The Balaban J connectivity index is 2.32. The molecular weight excluding hydrogens is 228 g/mol. The lowest BCUT2D eigenvalue weighted by Gasteiger charge is -2.18. The summed E-state index contributed by atoms with van der Waals surface area (Å²) >= 11 is 5.71. The molecule has 1 aliphatic rings. The van der Waals surface area contributed by atoms with Crippen molar-refractivity contribution in [3.8, 4) is 0 Å². The zero-order chi connectivity index (χ0) is 10.8. The lowest BCUT2D eigenvalue weighted by atomic mass is 10.1. The summed E-state index contributed by atoms with van der Waals surface area (Å²) in [5.41, 5.74) is 7.74. The Morgan fingerprint density at radius 3 is 3.13 bits per heavy atom. The van der Waals surface area contributed by atoms with Gasteiger partial charge in [0.25, 0.3) is 0 Å². The van der Waals surface area contributed by atoms with E-state index in [9.17, 15) is 4.79 Å². The first-order valence-electron chi connectivity index (χ1n) is 4.63. The summed E-state index contributed by atoms with van der Waals surface area (Å²) in [4.78, 5) is 12.3. The molecule has 1 heterocycles. The van der Waals surface area contributed by atoms with E-state index in [0.717, 1.165) is 16.1 Å². The topological polar surface area (TPSA) is 55.1 Å². The molecule has 0 aromatic heterocycles. The second kappa shape index (κ2) is 4.47. The molecule has 1 aliphatic heterocycles. The standard InChI is InChI=1S/C10H12N2OS2/c11-7(4-14)6-1-2-9-8(3-6)12-10(13)5-15-9/h1-3,7,14H,4-5,11H2,(H,12,13). The van der Waals surface area contributed by atoms with E-state index in [0.29, 0.717) is 11.5 Å². The van der Waals surface area contributed by atoms with Crippen molar-refractivity contribution in [2.75, 3.05) is 16.8 Å². The SMILES string of the molecule is NC(CS)c1ccc2c(c1)NC(=O)CS2. The van der Waals surface area contributed by atoms with Gasteiger partial charge >= 0.3 is 0 Å². The van der Waals surface area contributed by atoms with Crippen LogP contribution in [0.5, 0.6) is 0 Å². The molecule has 1 atom stereocenters. The van der Waals surface area contributed by atoms with Crippen molar-refractivity contribution in [2.45, 2.75) is 10.9 Å². The molecule has 0 saturated heterocycles. The third kappa shape index (κ3) is 2.30. The number of anilines is 1. The number of thioether (sulfide) groups is 1. The molecule has 5 heteroatoms. The monoisotopic (exact) mass is 240 g/mol. The highest BCUT2D eigenvalue weighted by molar-refractivity contribution is 8.00. The van der Waals surface area contributed by atoms with Crippen molar-refractivity contribution in [2.24, 2.45) is 5.73 Å². The Morgan fingerprint density at radius 2 is 2.40 bits per heavy atom. The summed E-state index contributed by atoms with van der Waals surface area (Å²) in [7, 11) is 0. The highest BCUT2D eigenvalue weighted by Gasteiger charge is 2.16. The van der Waals surface area contributed by atoms with Crippen LogP contribution in [0.3, 0.4) is 0 Å². The maximum atomic E-state index is 11.2. The molecule has 0 radical (unpaired) electrons. The fourth-order valence-corrected chi connectivity index (χ4v) is 2.44. The number of hydrogen-bond acceptors (Lipinski definition) is 4. The Morgan fingerprint density at radius 1 is 1.60 bits per heavy atom. The number of nitrogens with one attached hydrogen (secondary N) is 1. The zero-order valence-electron chi connectivity index (χ0n) is 8.06. The number of carbonyl (C=O) groups is 1. The van der Waals surface area contributed by atoms with Crippen molar-refractivity contribution in [3.05, 3.63) is 23.8 Å². The van der Waals surface area contributed by atoms with Crippen LogP contribution in [0.2, 0.25) is 0 Å². The van der Waals surface area contributed by atoms with E-state index in [1.165, 1.54) is 0 Å². The summed E-state index contributed by atoms with van der Waals surface area (Å²) in [6.45, 7) is 0. The Labute approximate surface area is 98.2 Å². The average Bonchev–Trinajstić information content (AvgIpc) is 2.27. The van der Waals surface area contributed by atoms with Crippen LogP contribution in [0.4, 0.5) is 5.69 Å². The van der Waals surface area contributed by atoms with Gasteiger partial charge in [0, 0.05) is 16.7 Å². The van der Waals surface area contributed by atoms with Gasteiger partial charge in [0.1, 0.15) is 0 Å². The molecule has 3 N–H and O–H groups in total. The smallest absolute Gasteiger partial charge is 0.234 e. The highest BCUT2D eigenvalue weighted by Crippen LogP contribution is 2.33. The van der Waals surface area contributed by atoms with E-state index < -0.39 is 0 Å². The Kier molecular flexibility index (Phi) is 3.23. The molecule has 2 rings (SSSR count). The summed E-state index contributed by atoms with van der Waals surface area (Å²) in [5, 5.41) is 2.84. The third-order valence-corrected chi connectivity index (χ3v) is 3.73. The summed E-state index contributed by atoms with van der Waals surface area (Å²) in [6, 6.07) is 5.84. The molecular formula is C10H12N2OS2. The van der Waals surface area contributed by atoms with Crippen molar-refractivity contribution in [1.29, 1.82) is 0 Å². The number of rotatable bonds is 2. The van der Waals surface area contributed by atoms with Crippen LogP contribution in [0.25, 0.3) is 0 Å². The average molecular weight is 240 g/mol. The van der Waals surface area contributed by atoms with Crippen LogP contribution in [0.1, 0.15) is 11.6 Å². The first-order chi connectivity index (χ1) is 7.20. The molecule has 3 nitrogen and oxygen atoms in total. The minimum absolute atomic E-state index is 0.0455. The van der Waals surface area contributed by atoms with Gasteiger partial charge in [0.05, 0.1) is 11.4 Å². The normalized spacial score (nSPS) is 16.8. The van der Waals surface area contributed by atoms with Gasteiger partial charge in [-0.3, -0.25) is 4.79 Å². The number of hydrogen-bond donors (Lipinski definition) is 3. The number of amides is 1. The van der Waals surface area contributed by atoms with Crippen molar-refractivity contribution >= 4 is 36.0 Å². The molecule has 0 aliphatic carbocycles. The third-order valence-electron chi connectivity index (χ3n) is 2.26. The number of thiol groups is 1. The summed E-state index contributed by atoms with van der Waals surface area (Å²) in [6.07, 6.45) is 0. The van der Waals surface area contributed by atoms with E-state index in [2.05, 4.69) is 17.9 Å². The first kappa shape index (κ1) is 10.9. The summed E-state index contributed by atoms with van der Waals surface area (Å²) < 4.78 is 0. The molecule has 0 saturated carbocycles. The zero-order valence-corrected chi connectivity index (χ0v) is 9.78. The van der Waals surface area contributed by atoms with Crippen LogP contribution in [-0.2, 0) is 4.79 Å². The fourth-order valence-electron chi connectivity index (χ4n) is 1.44. The second-order valence-corrected chi connectivity index (χ2v) is 4.76. The predicted octanol–water partition coefficient (Wildman–Crippen LogP) is 1.66. The van der Waals surface area contributed by atoms with Crippen LogP contribution in [0, 0.1) is 0 Å². The van der Waals surface area contributed by atoms with Gasteiger partial charge in [-0.25, -0.2) is 0 Å². The maximum absolute atomic E-state index is 11.2.